The highest BCUT2D eigenvalue weighted by molar-refractivity contribution is 8.00. The number of rotatable bonds is 5. The van der Waals surface area contributed by atoms with E-state index in [-0.39, 0.29) is 17.2 Å². The minimum Gasteiger partial charge on any atom is -0.323 e. The van der Waals surface area contributed by atoms with Crippen molar-refractivity contribution in [3.63, 3.8) is 0 Å². The van der Waals surface area contributed by atoms with E-state index in [1.807, 2.05) is 59.5 Å². The first-order chi connectivity index (χ1) is 15.7. The van der Waals surface area contributed by atoms with Gasteiger partial charge < -0.3 is 5.32 Å². The Balaban J connectivity index is 1.29. The summed E-state index contributed by atoms with van der Waals surface area (Å²) in [4.78, 5) is 26.9. The van der Waals surface area contributed by atoms with Crippen LogP contribution >= 0.6 is 11.8 Å². The summed E-state index contributed by atoms with van der Waals surface area (Å²) in [6.45, 7) is 0. The van der Waals surface area contributed by atoms with Crippen molar-refractivity contribution in [2.24, 2.45) is 0 Å². The average molecular weight is 441 g/mol. The van der Waals surface area contributed by atoms with Crippen molar-refractivity contribution in [2.45, 2.75) is 24.6 Å². The van der Waals surface area contributed by atoms with Gasteiger partial charge in [0.2, 0.25) is 11.8 Å². The second-order valence-corrected chi connectivity index (χ2v) is 9.16. The van der Waals surface area contributed by atoms with E-state index in [4.69, 9.17) is 0 Å². The zero-order chi connectivity index (χ0) is 21.9. The molecular formula is C27H24N2O2S. The predicted molar refractivity (Wildman–Crippen MR) is 132 cm³/mol. The van der Waals surface area contributed by atoms with Crippen molar-refractivity contribution in [3.05, 3.63) is 101 Å². The molecule has 0 spiro atoms. The van der Waals surface area contributed by atoms with Crippen LogP contribution < -0.4 is 10.2 Å². The van der Waals surface area contributed by atoms with E-state index in [1.54, 1.807) is 17.8 Å². The highest BCUT2D eigenvalue weighted by Crippen LogP contribution is 2.42. The average Bonchev–Trinajstić information content (AvgIpc) is 3.45. The molecule has 1 aliphatic heterocycles. The third kappa shape index (κ3) is 4.34. The fourth-order valence-electron chi connectivity index (χ4n) is 4.31. The molecule has 1 atom stereocenters. The smallest absolute Gasteiger partial charge is 0.248 e. The van der Waals surface area contributed by atoms with Crippen molar-refractivity contribution < 1.29 is 9.59 Å². The largest absolute Gasteiger partial charge is 0.323 e. The van der Waals surface area contributed by atoms with E-state index in [1.165, 1.54) is 23.6 Å². The molecule has 0 bridgehead atoms. The second-order valence-electron chi connectivity index (χ2n) is 8.09. The molecule has 0 saturated carbocycles. The van der Waals surface area contributed by atoms with Crippen LogP contribution in [-0.4, -0.2) is 17.6 Å². The van der Waals surface area contributed by atoms with Crippen LogP contribution in [0.3, 0.4) is 0 Å². The van der Waals surface area contributed by atoms with Crippen molar-refractivity contribution in [1.82, 2.24) is 0 Å². The van der Waals surface area contributed by atoms with Crippen molar-refractivity contribution >= 4 is 41.0 Å². The number of carbonyl (C=O) groups excluding carboxylic acids is 2. The highest BCUT2D eigenvalue weighted by atomic mass is 32.2. The minimum absolute atomic E-state index is 0.0512. The van der Waals surface area contributed by atoms with E-state index in [2.05, 4.69) is 23.5 Å². The molecule has 0 radical (unpaired) electrons. The highest BCUT2D eigenvalue weighted by Gasteiger charge is 2.34. The molecule has 1 unspecified atom stereocenters. The van der Waals surface area contributed by atoms with Gasteiger partial charge in [-0.3, -0.25) is 14.5 Å². The van der Waals surface area contributed by atoms with Crippen LogP contribution in [0.4, 0.5) is 11.4 Å². The molecule has 1 aliphatic carbocycles. The Morgan fingerprint density at radius 2 is 1.75 bits per heavy atom. The van der Waals surface area contributed by atoms with E-state index in [9.17, 15) is 9.59 Å². The number of anilines is 2. The Bertz CT molecular complexity index is 1170. The maximum absolute atomic E-state index is 12.7. The fourth-order valence-corrected chi connectivity index (χ4v) is 5.49. The summed E-state index contributed by atoms with van der Waals surface area (Å²) in [6.07, 6.45) is 6.74. The topological polar surface area (TPSA) is 49.4 Å². The molecule has 5 rings (SSSR count). The van der Waals surface area contributed by atoms with Crippen LogP contribution in [0.15, 0.2) is 78.9 Å². The molecular weight excluding hydrogens is 416 g/mol. The number of thioether (sulfide) groups is 1. The quantitative estimate of drug-likeness (QED) is 0.525. The second kappa shape index (κ2) is 9.05. The van der Waals surface area contributed by atoms with Gasteiger partial charge in [-0.1, -0.05) is 48.5 Å². The number of nitrogens with zero attached hydrogens (tertiary/aromatic N) is 1. The third-order valence-corrected chi connectivity index (χ3v) is 7.13. The van der Waals surface area contributed by atoms with Crippen LogP contribution in [0, 0.1) is 0 Å². The van der Waals surface area contributed by atoms with Crippen LogP contribution in [0.25, 0.3) is 6.08 Å². The number of hydrogen-bond donors (Lipinski definition) is 1. The standard InChI is InChI=1S/C27H24N2O2S/c30-25(16-9-19-5-2-1-3-6-19)28-23-13-10-21(11-14-23)27-29(26(31)18-32-27)24-15-12-20-7-4-8-22(20)17-24/h1-3,5-6,9-17,27H,4,7-8,18H2,(H,28,30)/b16-9+. The van der Waals surface area contributed by atoms with E-state index in [0.717, 1.165) is 35.3 Å². The molecule has 32 heavy (non-hydrogen) atoms. The first-order valence-corrected chi connectivity index (χ1v) is 11.9. The number of nitrogens with one attached hydrogen (secondary N) is 1. The van der Waals surface area contributed by atoms with E-state index < -0.39 is 0 Å². The Labute approximate surface area is 192 Å². The van der Waals surface area contributed by atoms with Crippen molar-refractivity contribution in [2.75, 3.05) is 16.0 Å². The third-order valence-electron chi connectivity index (χ3n) is 5.92. The van der Waals surface area contributed by atoms with E-state index >= 15 is 0 Å². The van der Waals surface area contributed by atoms with Crippen molar-refractivity contribution in [1.29, 1.82) is 0 Å². The monoisotopic (exact) mass is 440 g/mol. The molecule has 1 fully saturated rings. The van der Waals surface area contributed by atoms with Gasteiger partial charge in [0.05, 0.1) is 5.75 Å². The minimum atomic E-state index is -0.174. The molecule has 160 valence electrons. The van der Waals surface area contributed by atoms with Crippen LogP contribution in [0.2, 0.25) is 0 Å². The molecule has 1 heterocycles. The summed E-state index contributed by atoms with van der Waals surface area (Å²) in [7, 11) is 0. The summed E-state index contributed by atoms with van der Waals surface area (Å²) in [5.74, 6) is 0.443. The van der Waals surface area contributed by atoms with Gasteiger partial charge in [-0.2, -0.15) is 0 Å². The zero-order valence-corrected chi connectivity index (χ0v) is 18.5. The predicted octanol–water partition coefficient (Wildman–Crippen LogP) is 5.61. The van der Waals surface area contributed by atoms with Crippen LogP contribution in [-0.2, 0) is 22.4 Å². The van der Waals surface area contributed by atoms with Gasteiger partial charge in [-0.25, -0.2) is 0 Å². The fraction of sp³-hybridized carbons (Fsp3) is 0.185. The lowest BCUT2D eigenvalue weighted by Crippen LogP contribution is -2.27. The van der Waals surface area contributed by atoms with Gasteiger partial charge in [0.1, 0.15) is 5.37 Å². The van der Waals surface area contributed by atoms with Gasteiger partial charge in [0, 0.05) is 17.5 Å². The first kappa shape index (κ1) is 20.6. The zero-order valence-electron chi connectivity index (χ0n) is 17.7. The summed E-state index contributed by atoms with van der Waals surface area (Å²) >= 11 is 1.64. The number of benzene rings is 3. The molecule has 0 aromatic heterocycles. The molecule has 4 nitrogen and oxygen atoms in total. The first-order valence-electron chi connectivity index (χ1n) is 10.9. The number of carbonyl (C=O) groups is 2. The lowest BCUT2D eigenvalue weighted by atomic mass is 10.1. The summed E-state index contributed by atoms with van der Waals surface area (Å²) in [5, 5.41) is 2.85. The van der Waals surface area contributed by atoms with Crippen LogP contribution in [0.1, 0.15) is 34.0 Å². The number of amides is 2. The molecule has 3 aromatic carbocycles. The number of hydrogen-bond acceptors (Lipinski definition) is 3. The normalized spacial score (nSPS) is 17.7. The number of fused-ring (bicyclic) bond motifs is 1. The molecule has 5 heteroatoms. The maximum atomic E-state index is 12.7. The summed E-state index contributed by atoms with van der Waals surface area (Å²) in [6, 6.07) is 23.9. The Morgan fingerprint density at radius 3 is 2.56 bits per heavy atom. The van der Waals surface area contributed by atoms with Gasteiger partial charge in [-0.05, 0) is 71.9 Å². The Morgan fingerprint density at radius 1 is 0.969 bits per heavy atom. The van der Waals surface area contributed by atoms with Gasteiger partial charge in [-0.15, -0.1) is 11.8 Å². The molecule has 1 saturated heterocycles. The van der Waals surface area contributed by atoms with Gasteiger partial charge in [0.25, 0.3) is 0 Å². The SMILES string of the molecule is O=C(/C=C/c1ccccc1)Nc1ccc(C2SCC(=O)N2c2ccc3c(c2)CCC3)cc1. The summed E-state index contributed by atoms with van der Waals surface area (Å²) in [5.41, 5.74) is 6.52. The Hall–Kier alpha value is -3.31. The molecule has 3 aromatic rings. The molecule has 2 amide bonds. The van der Waals surface area contributed by atoms with Crippen LogP contribution in [0.5, 0.6) is 0 Å². The number of aryl methyl sites for hydroxylation is 2. The lowest BCUT2D eigenvalue weighted by Gasteiger charge is -2.25. The van der Waals surface area contributed by atoms with Gasteiger partial charge in [0.15, 0.2) is 0 Å². The Kier molecular flexibility index (Phi) is 5.82. The van der Waals surface area contributed by atoms with Crippen molar-refractivity contribution in [3.8, 4) is 0 Å². The lowest BCUT2D eigenvalue weighted by molar-refractivity contribution is -0.116. The molecule has 2 aliphatic rings. The maximum Gasteiger partial charge on any atom is 0.248 e. The summed E-state index contributed by atoms with van der Waals surface area (Å²) < 4.78 is 0. The molecule has 1 N–H and O–H groups in total. The van der Waals surface area contributed by atoms with Gasteiger partial charge >= 0.3 is 0 Å². The van der Waals surface area contributed by atoms with E-state index in [0.29, 0.717) is 5.75 Å².